The van der Waals surface area contributed by atoms with Gasteiger partial charge < -0.3 is 4.90 Å². The number of hydrogen-bond acceptors (Lipinski definition) is 1. The van der Waals surface area contributed by atoms with Gasteiger partial charge in [-0.2, -0.15) is 0 Å². The average Bonchev–Trinajstić information content (AvgIpc) is 3.32. The molecule has 0 saturated carbocycles. The Balaban J connectivity index is 1.19. The molecule has 1 heteroatoms. The first-order valence-electron chi connectivity index (χ1n) is 21.4. The van der Waals surface area contributed by atoms with Crippen molar-refractivity contribution >= 4 is 55.0 Å². The second-order valence-electron chi connectivity index (χ2n) is 16.3. The molecule has 0 N–H and O–H groups in total. The molecule has 2 aliphatic carbocycles. The van der Waals surface area contributed by atoms with Crippen molar-refractivity contribution in [3.8, 4) is 33.4 Å². The summed E-state index contributed by atoms with van der Waals surface area (Å²) in [6.07, 6.45) is 11.7. The Morgan fingerprint density at radius 2 is 1.05 bits per heavy atom. The SMILES string of the molecule is Cc1cccc(N(c2ccc(C3=CCCC4=C3CCC=C4)cc2)c2ccc3c(c2)c2ccccc2c2c(-c4ccccc4)cc(-c4ccccc4)c(-c4ccccc4)c32)c1. The minimum atomic E-state index is 1.10. The number of allylic oxidation sites excluding steroid dienone is 6. The summed E-state index contributed by atoms with van der Waals surface area (Å²) in [4.78, 5) is 2.44. The zero-order valence-corrected chi connectivity index (χ0v) is 33.9. The molecule has 0 spiro atoms. The Labute approximate surface area is 352 Å². The van der Waals surface area contributed by atoms with Crippen LogP contribution in [0, 0.1) is 6.92 Å². The second kappa shape index (κ2) is 15.2. The molecule has 1 nitrogen and oxygen atoms in total. The molecule has 0 amide bonds. The normalized spacial score (nSPS) is 13.8. The highest BCUT2D eigenvalue weighted by atomic mass is 15.1. The molecule has 0 bridgehead atoms. The van der Waals surface area contributed by atoms with Gasteiger partial charge in [0.1, 0.15) is 0 Å². The summed E-state index contributed by atoms with van der Waals surface area (Å²) in [5.74, 6) is 0. The van der Waals surface area contributed by atoms with E-state index in [2.05, 4.69) is 218 Å². The lowest BCUT2D eigenvalue weighted by Gasteiger charge is -2.28. The number of anilines is 3. The van der Waals surface area contributed by atoms with Crippen LogP contribution in [0.2, 0.25) is 0 Å². The molecule has 60 heavy (non-hydrogen) atoms. The van der Waals surface area contributed by atoms with Gasteiger partial charge in [0.2, 0.25) is 0 Å². The van der Waals surface area contributed by atoms with Crippen LogP contribution in [0.1, 0.15) is 36.8 Å². The first kappa shape index (κ1) is 35.9. The van der Waals surface area contributed by atoms with Crippen LogP contribution in [0.3, 0.4) is 0 Å². The fraction of sp³-hybridized carbons (Fsp3) is 0.0847. The summed E-state index contributed by atoms with van der Waals surface area (Å²) in [7, 11) is 0. The molecule has 0 saturated heterocycles. The largest absolute Gasteiger partial charge is 0.310 e. The van der Waals surface area contributed by atoms with Gasteiger partial charge in [-0.3, -0.25) is 0 Å². The molecular formula is C59H45N. The standard InChI is InChI=1S/C59H45N/c1-40-17-15-26-47(37-40)60(46-33-31-44(32-34-46)50-30-16-25-41-22-11-12-27-49(41)50)48-35-36-53-56(38-48)51-28-13-14-29-52(51)58-55(43-20-7-3-8-21-43)39-54(42-18-5-2-6-19-42)57(59(53)58)45-23-9-4-10-24-45/h2-11,13-15,17-24,26,28-39H,12,16,25,27H2,1H3. The highest BCUT2D eigenvalue weighted by Gasteiger charge is 2.24. The minimum Gasteiger partial charge on any atom is -0.310 e. The number of nitrogens with zero attached hydrogens (tertiary/aromatic N) is 1. The first-order chi connectivity index (χ1) is 29.7. The quantitative estimate of drug-likeness (QED) is 0.146. The molecule has 0 heterocycles. The maximum atomic E-state index is 2.46. The van der Waals surface area contributed by atoms with E-state index in [1.165, 1.54) is 93.5 Å². The van der Waals surface area contributed by atoms with Crippen LogP contribution < -0.4 is 4.90 Å². The third kappa shape index (κ3) is 6.26. The average molecular weight is 768 g/mol. The Morgan fingerprint density at radius 3 is 1.78 bits per heavy atom. The molecule has 0 unspecified atom stereocenters. The Bertz CT molecular complexity index is 3170. The highest BCUT2D eigenvalue weighted by molar-refractivity contribution is 6.33. The van der Waals surface area contributed by atoms with E-state index in [-0.39, 0.29) is 0 Å². The van der Waals surface area contributed by atoms with Crippen LogP contribution in [0.15, 0.2) is 217 Å². The van der Waals surface area contributed by atoms with E-state index in [9.17, 15) is 0 Å². The van der Waals surface area contributed by atoms with Crippen LogP contribution in [-0.2, 0) is 0 Å². The van der Waals surface area contributed by atoms with Crippen molar-refractivity contribution in [1.29, 1.82) is 0 Å². The number of hydrogen-bond donors (Lipinski definition) is 0. The smallest absolute Gasteiger partial charge is 0.0468 e. The maximum absolute atomic E-state index is 2.46. The third-order valence-electron chi connectivity index (χ3n) is 12.6. The molecule has 11 rings (SSSR count). The molecule has 286 valence electrons. The van der Waals surface area contributed by atoms with Crippen molar-refractivity contribution in [2.45, 2.75) is 32.6 Å². The molecule has 0 atom stereocenters. The second-order valence-corrected chi connectivity index (χ2v) is 16.3. The number of fused-ring (bicyclic) bond motifs is 6. The van der Waals surface area contributed by atoms with Crippen molar-refractivity contribution in [2.75, 3.05) is 4.90 Å². The van der Waals surface area contributed by atoms with E-state index in [1.807, 2.05) is 0 Å². The summed E-state index contributed by atoms with van der Waals surface area (Å²) in [5, 5.41) is 7.55. The van der Waals surface area contributed by atoms with Crippen molar-refractivity contribution in [2.24, 2.45) is 0 Å². The fourth-order valence-corrected chi connectivity index (χ4v) is 9.92. The number of rotatable bonds is 7. The van der Waals surface area contributed by atoms with E-state index in [0.29, 0.717) is 0 Å². The Morgan fingerprint density at radius 1 is 0.417 bits per heavy atom. The van der Waals surface area contributed by atoms with Crippen molar-refractivity contribution < 1.29 is 0 Å². The summed E-state index contributed by atoms with van der Waals surface area (Å²) >= 11 is 0. The van der Waals surface area contributed by atoms with Gasteiger partial charge >= 0.3 is 0 Å². The van der Waals surface area contributed by atoms with E-state index < -0.39 is 0 Å². The highest BCUT2D eigenvalue weighted by Crippen LogP contribution is 2.50. The zero-order chi connectivity index (χ0) is 40.0. The van der Waals surface area contributed by atoms with Crippen molar-refractivity contribution in [1.82, 2.24) is 0 Å². The van der Waals surface area contributed by atoms with E-state index in [0.717, 1.165) is 42.7 Å². The van der Waals surface area contributed by atoms with Crippen LogP contribution in [0.4, 0.5) is 17.1 Å². The summed E-state index contributed by atoms with van der Waals surface area (Å²) < 4.78 is 0. The first-order valence-corrected chi connectivity index (χ1v) is 21.4. The lowest BCUT2D eigenvalue weighted by atomic mass is 9.81. The predicted molar refractivity (Wildman–Crippen MR) is 257 cm³/mol. The lowest BCUT2D eigenvalue weighted by molar-refractivity contribution is 0.892. The van der Waals surface area contributed by atoms with Gasteiger partial charge in [-0.15, -0.1) is 0 Å². The molecule has 0 aliphatic heterocycles. The third-order valence-corrected chi connectivity index (χ3v) is 12.6. The Kier molecular flexibility index (Phi) is 9.09. The van der Waals surface area contributed by atoms with Crippen LogP contribution in [0.25, 0.3) is 71.3 Å². The van der Waals surface area contributed by atoms with Crippen LogP contribution in [-0.4, -0.2) is 0 Å². The predicted octanol–water partition coefficient (Wildman–Crippen LogP) is 16.7. The molecule has 9 aromatic carbocycles. The van der Waals surface area contributed by atoms with Gasteiger partial charge in [-0.25, -0.2) is 0 Å². The summed E-state index contributed by atoms with van der Waals surface area (Å²) in [5.41, 5.74) is 17.8. The molecule has 0 radical (unpaired) electrons. The van der Waals surface area contributed by atoms with E-state index >= 15 is 0 Å². The molecule has 0 aromatic heterocycles. The summed E-state index contributed by atoms with van der Waals surface area (Å²) in [6, 6.07) is 69.7. The van der Waals surface area contributed by atoms with E-state index in [1.54, 1.807) is 0 Å². The van der Waals surface area contributed by atoms with Gasteiger partial charge in [0.25, 0.3) is 0 Å². The van der Waals surface area contributed by atoms with Gasteiger partial charge in [-0.05, 0) is 169 Å². The van der Waals surface area contributed by atoms with Crippen LogP contribution in [0.5, 0.6) is 0 Å². The van der Waals surface area contributed by atoms with Gasteiger partial charge in [0.05, 0.1) is 0 Å². The van der Waals surface area contributed by atoms with Gasteiger partial charge in [0, 0.05) is 17.1 Å². The van der Waals surface area contributed by atoms with E-state index in [4.69, 9.17) is 0 Å². The summed E-state index contributed by atoms with van der Waals surface area (Å²) in [6.45, 7) is 2.18. The number of benzene rings is 9. The molecular weight excluding hydrogens is 723 g/mol. The molecule has 0 fully saturated rings. The maximum Gasteiger partial charge on any atom is 0.0468 e. The lowest BCUT2D eigenvalue weighted by Crippen LogP contribution is -2.10. The monoisotopic (exact) mass is 767 g/mol. The number of aryl methyl sites for hydroxylation is 1. The molecule has 2 aliphatic rings. The zero-order valence-electron chi connectivity index (χ0n) is 33.9. The Hall–Kier alpha value is -7.22. The topological polar surface area (TPSA) is 3.24 Å². The fourth-order valence-electron chi connectivity index (χ4n) is 9.92. The van der Waals surface area contributed by atoms with Crippen LogP contribution >= 0.6 is 0 Å². The van der Waals surface area contributed by atoms with Gasteiger partial charge in [-0.1, -0.05) is 164 Å². The van der Waals surface area contributed by atoms with Gasteiger partial charge in [0.15, 0.2) is 0 Å². The van der Waals surface area contributed by atoms with Crippen molar-refractivity contribution in [3.05, 3.63) is 229 Å². The molecule has 9 aromatic rings. The minimum absolute atomic E-state index is 1.10. The van der Waals surface area contributed by atoms with Crippen molar-refractivity contribution in [3.63, 3.8) is 0 Å².